The van der Waals surface area contributed by atoms with Crippen molar-refractivity contribution in [3.05, 3.63) is 23.8 Å². The van der Waals surface area contributed by atoms with E-state index in [1.807, 2.05) is 0 Å². The Bertz CT molecular complexity index is 800. The van der Waals surface area contributed by atoms with E-state index in [0.29, 0.717) is 29.0 Å². The van der Waals surface area contributed by atoms with E-state index < -0.39 is 22.4 Å². The topological polar surface area (TPSA) is 81.6 Å². The van der Waals surface area contributed by atoms with Gasteiger partial charge in [0.15, 0.2) is 16.8 Å². The Kier molecular flexibility index (Phi) is 4.95. The van der Waals surface area contributed by atoms with Crippen LogP contribution in [0.25, 0.3) is 11.0 Å². The number of aromatic nitrogens is 2. The van der Waals surface area contributed by atoms with Gasteiger partial charge in [-0.15, -0.1) is 0 Å². The van der Waals surface area contributed by atoms with Gasteiger partial charge in [-0.05, 0) is 19.8 Å². The first-order valence-corrected chi connectivity index (χ1v) is 9.05. The first-order chi connectivity index (χ1) is 11.9. The second-order valence-electron chi connectivity index (χ2n) is 6.33. The van der Waals surface area contributed by atoms with E-state index in [1.165, 1.54) is 0 Å². The number of halogens is 2. The number of benzene rings is 1. The lowest BCUT2D eigenvalue weighted by molar-refractivity contribution is -0.121. The minimum Gasteiger partial charge on any atom is -0.337 e. The minimum atomic E-state index is -0.963. The van der Waals surface area contributed by atoms with Gasteiger partial charge in [0.25, 0.3) is 0 Å². The maximum absolute atomic E-state index is 13.3. The van der Waals surface area contributed by atoms with Crippen LogP contribution in [0.5, 0.6) is 0 Å². The summed E-state index contributed by atoms with van der Waals surface area (Å²) in [6.07, 6.45) is 4.26. The number of carbonyl (C=O) groups excluding carboxylic acids is 1. The second-order valence-corrected chi connectivity index (χ2v) is 7.66. The zero-order valence-electron chi connectivity index (χ0n) is 13.7. The molecule has 3 rings (SSSR count). The van der Waals surface area contributed by atoms with Crippen LogP contribution in [0.4, 0.5) is 8.78 Å². The van der Waals surface area contributed by atoms with Crippen molar-refractivity contribution in [2.45, 2.75) is 55.0 Å². The van der Waals surface area contributed by atoms with E-state index in [1.54, 1.807) is 6.92 Å². The zero-order valence-corrected chi connectivity index (χ0v) is 14.6. The van der Waals surface area contributed by atoms with Crippen LogP contribution >= 0.6 is 11.8 Å². The molecule has 1 fully saturated rings. The molecule has 1 aromatic carbocycles. The summed E-state index contributed by atoms with van der Waals surface area (Å²) < 4.78 is 26.5. The SMILES string of the molecule is CC(Sc1nc2cc(F)c(F)cc2[nH]1)C(=O)NC1(C#N)CCCCC1. The monoisotopic (exact) mass is 364 g/mol. The highest BCUT2D eigenvalue weighted by atomic mass is 32.2. The Morgan fingerprint density at radius 2 is 2.04 bits per heavy atom. The summed E-state index contributed by atoms with van der Waals surface area (Å²) in [6, 6.07) is 4.31. The van der Waals surface area contributed by atoms with E-state index in [0.717, 1.165) is 43.2 Å². The maximum Gasteiger partial charge on any atom is 0.234 e. The number of nitrogens with one attached hydrogen (secondary N) is 2. The predicted octanol–water partition coefficient (Wildman–Crippen LogP) is 3.66. The average Bonchev–Trinajstić information content (AvgIpc) is 2.97. The summed E-state index contributed by atoms with van der Waals surface area (Å²) >= 11 is 1.15. The Morgan fingerprint density at radius 1 is 1.36 bits per heavy atom. The third-order valence-corrected chi connectivity index (χ3v) is 5.43. The smallest absolute Gasteiger partial charge is 0.234 e. The standard InChI is InChI=1S/C17H18F2N4OS/c1-10(15(24)23-17(9-20)5-3-2-4-6-17)25-16-21-13-7-11(18)12(19)8-14(13)22-16/h7-8,10H,2-6H2,1H3,(H,21,22)(H,23,24). The van der Waals surface area contributed by atoms with Gasteiger partial charge in [0.2, 0.25) is 5.91 Å². The Hall–Kier alpha value is -2.14. The van der Waals surface area contributed by atoms with Crippen molar-refractivity contribution < 1.29 is 13.6 Å². The Balaban J connectivity index is 1.70. The van der Waals surface area contributed by atoms with Crippen LogP contribution in [0.3, 0.4) is 0 Å². The zero-order chi connectivity index (χ0) is 18.0. The van der Waals surface area contributed by atoms with Crippen molar-refractivity contribution in [1.82, 2.24) is 15.3 Å². The summed E-state index contributed by atoms with van der Waals surface area (Å²) in [4.78, 5) is 19.5. The molecule has 0 saturated heterocycles. The van der Waals surface area contributed by atoms with E-state index in [9.17, 15) is 18.8 Å². The molecule has 132 valence electrons. The first kappa shape index (κ1) is 17.7. The molecule has 2 N–H and O–H groups in total. The molecular weight excluding hydrogens is 346 g/mol. The van der Waals surface area contributed by atoms with Crippen LogP contribution in [-0.4, -0.2) is 26.7 Å². The number of imidazole rings is 1. The van der Waals surface area contributed by atoms with Gasteiger partial charge in [0.1, 0.15) is 5.54 Å². The number of hydrogen-bond donors (Lipinski definition) is 2. The van der Waals surface area contributed by atoms with Crippen LogP contribution in [0.1, 0.15) is 39.0 Å². The molecule has 1 saturated carbocycles. The van der Waals surface area contributed by atoms with E-state index in [2.05, 4.69) is 21.4 Å². The normalized spacial score (nSPS) is 17.8. The summed E-state index contributed by atoms with van der Waals surface area (Å²) in [5, 5.41) is 12.2. The maximum atomic E-state index is 13.3. The number of amides is 1. The van der Waals surface area contributed by atoms with Crippen LogP contribution in [0.2, 0.25) is 0 Å². The Morgan fingerprint density at radius 3 is 2.72 bits per heavy atom. The molecule has 5 nitrogen and oxygen atoms in total. The number of aromatic amines is 1. The van der Waals surface area contributed by atoms with Crippen molar-refractivity contribution in [2.24, 2.45) is 0 Å². The summed E-state index contributed by atoms with van der Waals surface area (Å²) in [5.74, 6) is -2.16. The molecule has 0 spiro atoms. The van der Waals surface area contributed by atoms with Crippen molar-refractivity contribution in [3.8, 4) is 6.07 Å². The summed E-state index contributed by atoms with van der Waals surface area (Å²) in [6.45, 7) is 1.71. The number of H-pyrrole nitrogens is 1. The minimum absolute atomic E-state index is 0.244. The van der Waals surface area contributed by atoms with Crippen molar-refractivity contribution in [2.75, 3.05) is 0 Å². The van der Waals surface area contributed by atoms with Crippen molar-refractivity contribution >= 4 is 28.7 Å². The van der Waals surface area contributed by atoms with Crippen LogP contribution in [0, 0.1) is 23.0 Å². The molecule has 8 heteroatoms. The number of hydrogen-bond acceptors (Lipinski definition) is 4. The average molecular weight is 364 g/mol. The summed E-state index contributed by atoms with van der Waals surface area (Å²) in [7, 11) is 0. The quantitative estimate of drug-likeness (QED) is 0.811. The van der Waals surface area contributed by atoms with Gasteiger partial charge in [-0.3, -0.25) is 4.79 Å². The fourth-order valence-corrected chi connectivity index (χ4v) is 3.84. The van der Waals surface area contributed by atoms with Crippen LogP contribution < -0.4 is 5.32 Å². The molecule has 2 aromatic rings. The molecule has 1 atom stereocenters. The van der Waals surface area contributed by atoms with Gasteiger partial charge in [0.05, 0.1) is 22.4 Å². The molecule has 1 aliphatic rings. The van der Waals surface area contributed by atoms with Crippen molar-refractivity contribution in [1.29, 1.82) is 5.26 Å². The van der Waals surface area contributed by atoms with Crippen LogP contribution in [0.15, 0.2) is 17.3 Å². The van der Waals surface area contributed by atoms with Gasteiger partial charge in [-0.25, -0.2) is 13.8 Å². The molecule has 0 aliphatic heterocycles. The molecule has 0 bridgehead atoms. The van der Waals surface area contributed by atoms with Gasteiger partial charge in [-0.2, -0.15) is 5.26 Å². The molecular formula is C17H18F2N4OS. The van der Waals surface area contributed by atoms with Crippen LogP contribution in [-0.2, 0) is 4.79 Å². The van der Waals surface area contributed by atoms with Gasteiger partial charge in [-0.1, -0.05) is 31.0 Å². The highest BCUT2D eigenvalue weighted by Crippen LogP contribution is 2.29. The number of nitriles is 1. The summed E-state index contributed by atoms with van der Waals surface area (Å²) in [5.41, 5.74) is -0.117. The van der Waals surface area contributed by atoms with E-state index in [4.69, 9.17) is 0 Å². The van der Waals surface area contributed by atoms with E-state index >= 15 is 0 Å². The van der Waals surface area contributed by atoms with Gasteiger partial charge in [0, 0.05) is 12.1 Å². The Labute approximate surface area is 148 Å². The first-order valence-electron chi connectivity index (χ1n) is 8.17. The lowest BCUT2D eigenvalue weighted by Crippen LogP contribution is -2.50. The highest BCUT2D eigenvalue weighted by molar-refractivity contribution is 8.00. The van der Waals surface area contributed by atoms with Crippen molar-refractivity contribution in [3.63, 3.8) is 0 Å². The molecule has 25 heavy (non-hydrogen) atoms. The molecule has 1 heterocycles. The second kappa shape index (κ2) is 7.00. The molecule has 1 unspecified atom stereocenters. The number of thioether (sulfide) groups is 1. The molecule has 1 aromatic heterocycles. The third-order valence-electron chi connectivity index (χ3n) is 4.44. The largest absolute Gasteiger partial charge is 0.337 e. The lowest BCUT2D eigenvalue weighted by Gasteiger charge is -2.32. The fourth-order valence-electron chi connectivity index (χ4n) is 3.02. The number of carbonyl (C=O) groups is 1. The van der Waals surface area contributed by atoms with Gasteiger partial charge >= 0.3 is 0 Å². The lowest BCUT2D eigenvalue weighted by atomic mass is 9.83. The fraction of sp³-hybridized carbons (Fsp3) is 0.471. The molecule has 0 radical (unpaired) electrons. The number of fused-ring (bicyclic) bond motifs is 1. The predicted molar refractivity (Wildman–Crippen MR) is 90.9 cm³/mol. The third kappa shape index (κ3) is 3.76. The van der Waals surface area contributed by atoms with E-state index in [-0.39, 0.29) is 5.91 Å². The molecule has 1 aliphatic carbocycles. The molecule has 1 amide bonds. The number of nitrogens with zero attached hydrogens (tertiary/aromatic N) is 2. The highest BCUT2D eigenvalue weighted by Gasteiger charge is 2.35. The number of rotatable bonds is 4. The van der Waals surface area contributed by atoms with Gasteiger partial charge < -0.3 is 10.3 Å².